The van der Waals surface area contributed by atoms with Crippen molar-refractivity contribution < 1.29 is 9.90 Å². The van der Waals surface area contributed by atoms with E-state index in [1.54, 1.807) is 4.57 Å². The van der Waals surface area contributed by atoms with E-state index in [1.165, 1.54) is 0 Å². The molecule has 4 nitrogen and oxygen atoms in total. The Balaban J connectivity index is 2.81. The lowest BCUT2D eigenvalue weighted by Crippen LogP contribution is -2.06. The van der Waals surface area contributed by atoms with Crippen molar-refractivity contribution in [2.45, 2.75) is 19.9 Å². The van der Waals surface area contributed by atoms with Crippen molar-refractivity contribution in [3.63, 3.8) is 0 Å². The number of carbonyl (C=O) groups is 1. The third-order valence-electron chi connectivity index (χ3n) is 1.61. The van der Waals surface area contributed by atoms with Crippen molar-refractivity contribution >= 4 is 37.8 Å². The van der Waals surface area contributed by atoms with Crippen LogP contribution in [0.4, 0.5) is 0 Å². The summed E-state index contributed by atoms with van der Waals surface area (Å²) in [6.45, 7) is 2.26. The molecule has 0 aliphatic heterocycles. The predicted molar refractivity (Wildman–Crippen MR) is 54.6 cm³/mol. The molecule has 0 aliphatic rings. The van der Waals surface area contributed by atoms with Crippen LogP contribution in [0.3, 0.4) is 0 Å². The van der Waals surface area contributed by atoms with E-state index in [1.807, 2.05) is 6.92 Å². The molecule has 1 aromatic rings. The number of hydrogen-bond acceptors (Lipinski definition) is 2. The number of aliphatic carboxylic acids is 1. The van der Waals surface area contributed by atoms with Crippen LogP contribution >= 0.6 is 31.9 Å². The summed E-state index contributed by atoms with van der Waals surface area (Å²) in [7, 11) is 0. The summed E-state index contributed by atoms with van der Waals surface area (Å²) in [4.78, 5) is 14.5. The van der Waals surface area contributed by atoms with Gasteiger partial charge in [0.2, 0.25) is 0 Å². The van der Waals surface area contributed by atoms with E-state index in [0.717, 1.165) is 10.4 Å². The van der Waals surface area contributed by atoms with E-state index in [2.05, 4.69) is 36.8 Å². The molecule has 0 aromatic carbocycles. The summed E-state index contributed by atoms with van der Waals surface area (Å²) < 4.78 is 3.29. The van der Waals surface area contributed by atoms with Crippen molar-refractivity contribution in [1.29, 1.82) is 0 Å². The summed E-state index contributed by atoms with van der Waals surface area (Å²) in [6, 6.07) is 0. The Morgan fingerprint density at radius 1 is 1.62 bits per heavy atom. The van der Waals surface area contributed by atoms with Crippen LogP contribution in [-0.4, -0.2) is 20.6 Å². The van der Waals surface area contributed by atoms with E-state index in [0.29, 0.717) is 11.1 Å². The van der Waals surface area contributed by atoms with Gasteiger partial charge in [0.25, 0.3) is 0 Å². The van der Waals surface area contributed by atoms with E-state index < -0.39 is 5.97 Å². The Hall–Kier alpha value is -0.360. The molecule has 1 aromatic heterocycles. The highest BCUT2D eigenvalue weighted by molar-refractivity contribution is 9.13. The second-order valence-electron chi connectivity index (χ2n) is 2.54. The monoisotopic (exact) mass is 310 g/mol. The summed E-state index contributed by atoms with van der Waals surface area (Å²) in [5.74, 6) is -0.0175. The van der Waals surface area contributed by atoms with Crippen molar-refractivity contribution in [2.75, 3.05) is 0 Å². The Morgan fingerprint density at radius 2 is 2.23 bits per heavy atom. The Labute approximate surface area is 92.2 Å². The zero-order valence-corrected chi connectivity index (χ0v) is 10.1. The predicted octanol–water partition coefficient (Wildman–Crippen LogP) is 2.19. The molecule has 0 atom stereocenters. The minimum absolute atomic E-state index is 0.0994. The largest absolute Gasteiger partial charge is 0.481 e. The van der Waals surface area contributed by atoms with Gasteiger partial charge in [0.1, 0.15) is 15.0 Å². The minimum atomic E-state index is -0.809. The van der Waals surface area contributed by atoms with Crippen LogP contribution in [0.1, 0.15) is 12.2 Å². The van der Waals surface area contributed by atoms with Gasteiger partial charge in [-0.15, -0.1) is 0 Å². The van der Waals surface area contributed by atoms with Gasteiger partial charge in [0.05, 0.1) is 6.42 Å². The molecule has 0 aliphatic carbocycles. The molecule has 13 heavy (non-hydrogen) atoms. The molecule has 0 fully saturated rings. The molecular formula is C7H8Br2N2O2. The lowest BCUT2D eigenvalue weighted by atomic mass is 10.4. The van der Waals surface area contributed by atoms with Gasteiger partial charge in [0.15, 0.2) is 0 Å². The lowest BCUT2D eigenvalue weighted by molar-refractivity contribution is -0.137. The highest BCUT2D eigenvalue weighted by Gasteiger charge is 2.10. The summed E-state index contributed by atoms with van der Waals surface area (Å²) >= 11 is 6.56. The Morgan fingerprint density at radius 3 is 2.62 bits per heavy atom. The first-order chi connectivity index (χ1) is 6.02. The number of nitrogens with zero attached hydrogens (tertiary/aromatic N) is 2. The first-order valence-electron chi connectivity index (χ1n) is 3.62. The number of imidazole rings is 1. The number of halogens is 2. The molecule has 0 saturated heterocycles. The van der Waals surface area contributed by atoms with Crippen molar-refractivity contribution in [3.8, 4) is 0 Å². The SMILES string of the molecule is Cc1nc(Br)c(Br)n1CCC(=O)O. The molecule has 72 valence electrons. The molecule has 1 N–H and O–H groups in total. The van der Waals surface area contributed by atoms with Crippen LogP contribution in [0, 0.1) is 6.92 Å². The third-order valence-corrected chi connectivity index (χ3v) is 3.50. The van der Waals surface area contributed by atoms with Gasteiger partial charge in [-0.3, -0.25) is 4.79 Å². The fraction of sp³-hybridized carbons (Fsp3) is 0.429. The standard InChI is InChI=1S/C7H8Br2N2O2/c1-4-10-6(8)7(9)11(4)3-2-5(12)13/h2-3H2,1H3,(H,12,13). The molecule has 0 spiro atoms. The van der Waals surface area contributed by atoms with Crippen LogP contribution in [0.5, 0.6) is 0 Å². The summed E-state index contributed by atoms with van der Waals surface area (Å²) in [6.07, 6.45) is 0.0994. The molecule has 0 unspecified atom stereocenters. The summed E-state index contributed by atoms with van der Waals surface area (Å²) in [5.41, 5.74) is 0. The zero-order valence-electron chi connectivity index (χ0n) is 6.92. The molecule has 1 rings (SSSR count). The average Bonchev–Trinajstić information content (AvgIpc) is 2.24. The number of aromatic nitrogens is 2. The third kappa shape index (κ3) is 2.54. The molecular weight excluding hydrogens is 304 g/mol. The highest BCUT2D eigenvalue weighted by atomic mass is 79.9. The molecule has 0 bridgehead atoms. The Bertz CT molecular complexity index is 335. The van der Waals surface area contributed by atoms with Crippen molar-refractivity contribution in [3.05, 3.63) is 15.0 Å². The number of carboxylic acid groups (broad SMARTS) is 1. The number of carboxylic acids is 1. The van der Waals surface area contributed by atoms with Crippen LogP contribution in [0.15, 0.2) is 9.21 Å². The van der Waals surface area contributed by atoms with E-state index in [9.17, 15) is 4.79 Å². The first-order valence-corrected chi connectivity index (χ1v) is 5.21. The average molecular weight is 312 g/mol. The highest BCUT2D eigenvalue weighted by Crippen LogP contribution is 2.23. The molecule has 0 radical (unpaired) electrons. The normalized spacial score (nSPS) is 10.4. The fourth-order valence-corrected chi connectivity index (χ4v) is 1.96. The van der Waals surface area contributed by atoms with Crippen molar-refractivity contribution in [1.82, 2.24) is 9.55 Å². The fourth-order valence-electron chi connectivity index (χ4n) is 0.969. The first kappa shape index (κ1) is 10.7. The minimum Gasteiger partial charge on any atom is -0.481 e. The van der Waals surface area contributed by atoms with Gasteiger partial charge in [-0.1, -0.05) is 0 Å². The van der Waals surface area contributed by atoms with Gasteiger partial charge in [-0.25, -0.2) is 4.98 Å². The topological polar surface area (TPSA) is 55.1 Å². The quantitative estimate of drug-likeness (QED) is 0.931. The Kier molecular flexibility index (Phi) is 3.49. The molecule has 1 heterocycles. The van der Waals surface area contributed by atoms with Gasteiger partial charge < -0.3 is 9.67 Å². The maximum atomic E-state index is 10.3. The second kappa shape index (κ2) is 4.23. The smallest absolute Gasteiger partial charge is 0.305 e. The van der Waals surface area contributed by atoms with Crippen LogP contribution < -0.4 is 0 Å². The van der Waals surface area contributed by atoms with Gasteiger partial charge in [-0.05, 0) is 38.8 Å². The zero-order chi connectivity index (χ0) is 10.0. The van der Waals surface area contributed by atoms with E-state index in [-0.39, 0.29) is 6.42 Å². The van der Waals surface area contributed by atoms with Crippen LogP contribution in [0.2, 0.25) is 0 Å². The number of aryl methyl sites for hydroxylation is 1. The number of hydrogen-bond donors (Lipinski definition) is 1. The van der Waals surface area contributed by atoms with Gasteiger partial charge >= 0.3 is 5.97 Å². The molecule has 0 amide bonds. The number of rotatable bonds is 3. The maximum Gasteiger partial charge on any atom is 0.305 e. The van der Waals surface area contributed by atoms with Gasteiger partial charge in [0, 0.05) is 6.54 Å². The van der Waals surface area contributed by atoms with Crippen LogP contribution in [-0.2, 0) is 11.3 Å². The van der Waals surface area contributed by atoms with Gasteiger partial charge in [-0.2, -0.15) is 0 Å². The molecule has 6 heteroatoms. The van der Waals surface area contributed by atoms with E-state index >= 15 is 0 Å². The van der Waals surface area contributed by atoms with Crippen LogP contribution in [0.25, 0.3) is 0 Å². The molecule has 0 saturated carbocycles. The second-order valence-corrected chi connectivity index (χ2v) is 4.04. The lowest BCUT2D eigenvalue weighted by Gasteiger charge is -2.03. The maximum absolute atomic E-state index is 10.3. The van der Waals surface area contributed by atoms with E-state index in [4.69, 9.17) is 5.11 Å². The summed E-state index contributed by atoms with van der Waals surface area (Å²) in [5, 5.41) is 8.50. The van der Waals surface area contributed by atoms with Crippen molar-refractivity contribution in [2.24, 2.45) is 0 Å².